The molecule has 0 aliphatic heterocycles. The molecule has 0 saturated heterocycles. The van der Waals surface area contributed by atoms with Crippen LogP contribution in [0.2, 0.25) is 0 Å². The molecule has 0 unspecified atom stereocenters. The van der Waals surface area contributed by atoms with Crippen molar-refractivity contribution in [3.05, 3.63) is 84.2 Å². The van der Waals surface area contributed by atoms with Crippen molar-refractivity contribution in [1.82, 2.24) is 0 Å². The van der Waals surface area contributed by atoms with E-state index in [2.05, 4.69) is 13.2 Å². The lowest BCUT2D eigenvalue weighted by Gasteiger charge is -2.60. The van der Waals surface area contributed by atoms with E-state index in [1.807, 2.05) is 45.9 Å². The lowest BCUT2D eigenvalue weighted by molar-refractivity contribution is -0.171. The number of allylic oxidation sites excluding steroid dienone is 6. The summed E-state index contributed by atoms with van der Waals surface area (Å²) < 4.78 is 5.86. The Balaban J connectivity index is 2.45. The fraction of sp³-hybridized carbons (Fsp3) is 0.433. The van der Waals surface area contributed by atoms with Crippen molar-refractivity contribution in [3.8, 4) is 0 Å². The first-order valence-electron chi connectivity index (χ1n) is 11.9. The van der Waals surface area contributed by atoms with Crippen LogP contribution in [0.3, 0.4) is 0 Å². The standard InChI is InChI=1S/C30H36O4/c1-8-13-22-19-29(18-16-20(3)4)26(34-7)23(24(31)21-14-11-10-12-15-21)25(32)30(17-9-2,27(29)33)28(22,5)6/h8-12,14-16,22H,1-2,13,17-19H2,3-7H3/t22-,29+,30-/m1/s1. The SMILES string of the molecule is C=CC[C@@H]1C[C@]2(CC=C(C)C)C(=O)[C@@](CC=C)(C(=O)C(C(=O)c3ccccc3)=C2OC)C1(C)C. The van der Waals surface area contributed by atoms with E-state index >= 15 is 0 Å². The highest BCUT2D eigenvalue weighted by atomic mass is 16.5. The molecule has 180 valence electrons. The predicted octanol–water partition coefficient (Wildman–Crippen LogP) is 6.45. The summed E-state index contributed by atoms with van der Waals surface area (Å²) >= 11 is 0. The molecule has 4 nitrogen and oxygen atoms in total. The van der Waals surface area contributed by atoms with Gasteiger partial charge in [-0.2, -0.15) is 0 Å². The van der Waals surface area contributed by atoms with Gasteiger partial charge in [0.05, 0.1) is 12.5 Å². The molecule has 0 radical (unpaired) electrons. The van der Waals surface area contributed by atoms with Gasteiger partial charge in [-0.25, -0.2) is 0 Å². The summed E-state index contributed by atoms with van der Waals surface area (Å²) in [5.74, 6) is -0.805. The molecule has 1 saturated carbocycles. The Bertz CT molecular complexity index is 1080. The Kier molecular flexibility index (Phi) is 7.02. The molecule has 0 amide bonds. The summed E-state index contributed by atoms with van der Waals surface area (Å²) in [6.45, 7) is 15.8. The summed E-state index contributed by atoms with van der Waals surface area (Å²) in [7, 11) is 1.46. The van der Waals surface area contributed by atoms with Gasteiger partial charge in [-0.15, -0.1) is 13.2 Å². The van der Waals surface area contributed by atoms with Crippen molar-refractivity contribution >= 4 is 17.3 Å². The van der Waals surface area contributed by atoms with Crippen LogP contribution in [0.1, 0.15) is 63.7 Å². The third-order valence-corrected chi connectivity index (χ3v) is 8.04. The molecule has 34 heavy (non-hydrogen) atoms. The number of ketones is 3. The van der Waals surface area contributed by atoms with Gasteiger partial charge >= 0.3 is 0 Å². The molecule has 3 rings (SSSR count). The highest BCUT2D eigenvalue weighted by molar-refractivity contribution is 6.35. The molecule has 1 aromatic rings. The molecule has 1 fully saturated rings. The van der Waals surface area contributed by atoms with Crippen molar-refractivity contribution in [2.45, 2.75) is 53.4 Å². The van der Waals surface area contributed by atoms with Gasteiger partial charge in [0.2, 0.25) is 0 Å². The van der Waals surface area contributed by atoms with Crippen LogP contribution in [0.25, 0.3) is 0 Å². The second-order valence-corrected chi connectivity index (χ2v) is 10.4. The molecule has 2 aliphatic carbocycles. The minimum atomic E-state index is -1.40. The molecular weight excluding hydrogens is 424 g/mol. The summed E-state index contributed by atoms with van der Waals surface area (Å²) in [5, 5.41) is 0. The first-order valence-corrected chi connectivity index (χ1v) is 11.9. The molecule has 4 heteroatoms. The molecule has 2 aliphatic rings. The fourth-order valence-electron chi connectivity index (χ4n) is 6.09. The van der Waals surface area contributed by atoms with Crippen LogP contribution in [0.5, 0.6) is 0 Å². The summed E-state index contributed by atoms with van der Waals surface area (Å²) in [5.41, 5.74) is -1.75. The average Bonchev–Trinajstić information content (AvgIpc) is 2.81. The van der Waals surface area contributed by atoms with E-state index in [1.165, 1.54) is 7.11 Å². The number of carbonyl (C=O) groups excluding carboxylic acids is 3. The maximum Gasteiger partial charge on any atom is 0.200 e. The average molecular weight is 461 g/mol. The van der Waals surface area contributed by atoms with Crippen molar-refractivity contribution in [3.63, 3.8) is 0 Å². The second kappa shape index (κ2) is 9.32. The largest absolute Gasteiger partial charge is 0.499 e. The van der Waals surface area contributed by atoms with E-state index in [0.29, 0.717) is 24.8 Å². The normalized spacial score (nSPS) is 27.7. The number of carbonyl (C=O) groups is 3. The Morgan fingerprint density at radius 1 is 1.09 bits per heavy atom. The number of fused-ring (bicyclic) bond motifs is 2. The van der Waals surface area contributed by atoms with E-state index in [-0.39, 0.29) is 29.5 Å². The first-order chi connectivity index (χ1) is 16.0. The van der Waals surface area contributed by atoms with E-state index < -0.39 is 27.8 Å². The lowest BCUT2D eigenvalue weighted by atomic mass is 9.40. The number of hydrogen-bond donors (Lipinski definition) is 0. The van der Waals surface area contributed by atoms with E-state index in [4.69, 9.17) is 4.74 Å². The van der Waals surface area contributed by atoms with E-state index in [9.17, 15) is 14.4 Å². The number of rotatable bonds is 9. The Morgan fingerprint density at radius 2 is 1.74 bits per heavy atom. The van der Waals surface area contributed by atoms with Gasteiger partial charge in [0.25, 0.3) is 0 Å². The molecule has 0 heterocycles. The second-order valence-electron chi connectivity index (χ2n) is 10.4. The zero-order chi connectivity index (χ0) is 25.3. The third kappa shape index (κ3) is 3.55. The van der Waals surface area contributed by atoms with Gasteiger partial charge in [-0.05, 0) is 50.9 Å². The van der Waals surface area contributed by atoms with Crippen LogP contribution in [-0.4, -0.2) is 24.5 Å². The van der Waals surface area contributed by atoms with Crippen molar-refractivity contribution in [2.75, 3.05) is 7.11 Å². The number of hydrogen-bond acceptors (Lipinski definition) is 4. The van der Waals surface area contributed by atoms with E-state index in [1.54, 1.807) is 30.3 Å². The maximum absolute atomic E-state index is 14.6. The molecule has 2 bridgehead atoms. The number of ether oxygens (including phenoxy) is 1. The van der Waals surface area contributed by atoms with E-state index in [0.717, 1.165) is 5.57 Å². The van der Waals surface area contributed by atoms with Gasteiger partial charge in [-0.3, -0.25) is 14.4 Å². The molecule has 0 N–H and O–H groups in total. The van der Waals surface area contributed by atoms with Crippen molar-refractivity contribution in [1.29, 1.82) is 0 Å². The van der Waals surface area contributed by atoms with Crippen molar-refractivity contribution in [2.24, 2.45) is 22.2 Å². The minimum Gasteiger partial charge on any atom is -0.499 e. The molecular formula is C30H36O4. The Labute approximate surface area is 203 Å². The topological polar surface area (TPSA) is 60.4 Å². The van der Waals surface area contributed by atoms with Crippen molar-refractivity contribution < 1.29 is 19.1 Å². The quantitative estimate of drug-likeness (QED) is 0.184. The first kappa shape index (κ1) is 25.6. The number of Topliss-reactive ketones (excluding diaryl/α,β-unsaturated/α-hetero) is 3. The monoisotopic (exact) mass is 460 g/mol. The van der Waals surface area contributed by atoms with Gasteiger partial charge in [0.15, 0.2) is 17.3 Å². The Hall–Kier alpha value is -3.01. The molecule has 0 spiro atoms. The Morgan fingerprint density at radius 3 is 2.26 bits per heavy atom. The van der Waals surface area contributed by atoms with Crippen LogP contribution in [-0.2, 0) is 14.3 Å². The van der Waals surface area contributed by atoms with Gasteiger partial charge in [-0.1, -0.05) is 68.0 Å². The van der Waals surface area contributed by atoms with Crippen LogP contribution >= 0.6 is 0 Å². The van der Waals surface area contributed by atoms with Crippen LogP contribution < -0.4 is 0 Å². The molecule has 1 aromatic carbocycles. The van der Waals surface area contributed by atoms with Gasteiger partial charge in [0, 0.05) is 5.56 Å². The summed E-state index contributed by atoms with van der Waals surface area (Å²) in [6.07, 6.45) is 7.19. The van der Waals surface area contributed by atoms with Gasteiger partial charge in [0.1, 0.15) is 16.7 Å². The summed E-state index contributed by atoms with van der Waals surface area (Å²) in [4.78, 5) is 42.8. The fourth-order valence-corrected chi connectivity index (χ4v) is 6.09. The maximum atomic E-state index is 14.6. The molecule has 0 aromatic heterocycles. The lowest BCUT2D eigenvalue weighted by Crippen LogP contribution is -2.67. The zero-order valence-corrected chi connectivity index (χ0v) is 21.1. The third-order valence-electron chi connectivity index (χ3n) is 8.04. The van der Waals surface area contributed by atoms with Crippen LogP contribution in [0.4, 0.5) is 0 Å². The summed E-state index contributed by atoms with van der Waals surface area (Å²) in [6, 6.07) is 8.74. The predicted molar refractivity (Wildman–Crippen MR) is 135 cm³/mol. The zero-order valence-electron chi connectivity index (χ0n) is 21.1. The molecule has 3 atom stereocenters. The number of methoxy groups -OCH3 is 1. The smallest absolute Gasteiger partial charge is 0.200 e. The minimum absolute atomic E-state index is 0.00225. The van der Waals surface area contributed by atoms with Gasteiger partial charge < -0.3 is 4.74 Å². The number of benzene rings is 1. The highest BCUT2D eigenvalue weighted by Gasteiger charge is 2.72. The highest BCUT2D eigenvalue weighted by Crippen LogP contribution is 2.66. The van der Waals surface area contributed by atoms with Crippen LogP contribution in [0, 0.1) is 22.2 Å². The van der Waals surface area contributed by atoms with Crippen LogP contribution in [0.15, 0.2) is 78.6 Å².